The van der Waals surface area contributed by atoms with Crippen molar-refractivity contribution in [3.8, 4) is 0 Å². The maximum absolute atomic E-state index is 2.00. The van der Waals surface area contributed by atoms with Crippen molar-refractivity contribution in [2.24, 2.45) is 0 Å². The van der Waals surface area contributed by atoms with Gasteiger partial charge in [0.25, 0.3) is 0 Å². The molecule has 0 aromatic carbocycles. The van der Waals surface area contributed by atoms with Gasteiger partial charge in [0.15, 0.2) is 0 Å². The topological polar surface area (TPSA) is 0 Å². The second-order valence-corrected chi connectivity index (χ2v) is 1.05. The van der Waals surface area contributed by atoms with Crippen molar-refractivity contribution in [3.63, 3.8) is 0 Å². The van der Waals surface area contributed by atoms with Crippen LogP contribution in [-0.2, 0) is 0 Å². The number of allylic oxidation sites excluding steroid dienone is 4. The van der Waals surface area contributed by atoms with Crippen LogP contribution in [0.4, 0.5) is 0 Å². The van der Waals surface area contributed by atoms with Gasteiger partial charge in [-0.2, -0.15) is 0 Å². The molecule has 0 N–H and O–H groups in total. The van der Waals surface area contributed by atoms with E-state index in [0.717, 1.165) is 0 Å². The molecule has 0 fully saturated rings. The van der Waals surface area contributed by atoms with E-state index in [1.807, 2.05) is 38.2 Å². The third kappa shape index (κ3) is 10.7. The predicted molar refractivity (Wildman–Crippen MR) is 36.8 cm³/mol. The first-order chi connectivity index (χ1) is 2.91. The quantitative estimate of drug-likeness (QED) is 0.338. The van der Waals surface area contributed by atoms with Gasteiger partial charge in [0.05, 0.1) is 0 Å². The van der Waals surface area contributed by atoms with Crippen molar-refractivity contribution in [2.45, 2.75) is 13.8 Å². The molecule has 0 atom stereocenters. The van der Waals surface area contributed by atoms with Gasteiger partial charge in [-0.05, 0) is 13.8 Å². The van der Waals surface area contributed by atoms with Crippen LogP contribution >= 0.6 is 0 Å². The second-order valence-electron chi connectivity index (χ2n) is 1.05. The molecule has 0 heterocycles. The number of rotatable bonds is 1. The molecule has 0 aromatic rings. The Balaban J connectivity index is 0. The molecule has 0 unspecified atom stereocenters. The van der Waals surface area contributed by atoms with E-state index in [1.54, 1.807) is 0 Å². The van der Waals surface area contributed by atoms with Crippen molar-refractivity contribution in [2.75, 3.05) is 0 Å². The monoisotopic (exact) mass is 90.1 g/mol. The van der Waals surface area contributed by atoms with Crippen LogP contribution in [-0.4, -0.2) is 18.9 Å². The Morgan fingerprint density at radius 1 is 0.857 bits per heavy atom. The average Bonchev–Trinajstić information content (AvgIpc) is 1.61. The third-order valence-electron chi connectivity index (χ3n) is 0.496. The van der Waals surface area contributed by atoms with Gasteiger partial charge in [-0.15, -0.1) is 0 Å². The van der Waals surface area contributed by atoms with Gasteiger partial charge in [0.2, 0.25) is 0 Å². The summed E-state index contributed by atoms with van der Waals surface area (Å²) in [6.07, 6.45) is 8.00. The Hall–Kier alpha value is 0.0774. The minimum atomic E-state index is 0. The second kappa shape index (κ2) is 9.42. The fourth-order valence-electron chi connectivity index (χ4n) is 0.222. The first-order valence-electron chi connectivity index (χ1n) is 2.15. The van der Waals surface area contributed by atoms with E-state index in [9.17, 15) is 0 Å². The zero-order valence-electron chi connectivity index (χ0n) is 4.31. The molecule has 0 aliphatic rings. The van der Waals surface area contributed by atoms with Gasteiger partial charge in [-0.1, -0.05) is 24.3 Å². The molecule has 0 aromatic heterocycles. The summed E-state index contributed by atoms with van der Waals surface area (Å²) >= 11 is 0. The van der Waals surface area contributed by atoms with Crippen LogP contribution in [0.5, 0.6) is 0 Å². The standard InChI is InChI=1S/C6H10.Li.H/c1-3-5-6-4-2;;/h3-6H,1-2H3;;/b5-3+,6-4?;;. The summed E-state index contributed by atoms with van der Waals surface area (Å²) in [4.78, 5) is 0. The summed E-state index contributed by atoms with van der Waals surface area (Å²) in [6.45, 7) is 4.00. The van der Waals surface area contributed by atoms with Gasteiger partial charge in [-0.25, -0.2) is 0 Å². The molecule has 0 saturated carbocycles. The van der Waals surface area contributed by atoms with Gasteiger partial charge in [0, 0.05) is 0 Å². The van der Waals surface area contributed by atoms with Gasteiger partial charge < -0.3 is 0 Å². The molecule has 0 spiro atoms. The fraction of sp³-hybridized carbons (Fsp3) is 0.333. The molecular formula is C6H11Li. The first kappa shape index (κ1) is 10.1. The van der Waals surface area contributed by atoms with E-state index in [1.165, 1.54) is 0 Å². The zero-order chi connectivity index (χ0) is 4.83. The number of hydrogen-bond acceptors (Lipinski definition) is 0. The maximum atomic E-state index is 2.00. The predicted octanol–water partition coefficient (Wildman–Crippen LogP) is 1.49. The minimum absolute atomic E-state index is 0. The summed E-state index contributed by atoms with van der Waals surface area (Å²) in [7, 11) is 0. The van der Waals surface area contributed by atoms with Crippen LogP contribution in [0.3, 0.4) is 0 Å². The molecule has 1 heteroatoms. The Labute approximate surface area is 57.5 Å². The van der Waals surface area contributed by atoms with E-state index in [0.29, 0.717) is 0 Å². The summed E-state index contributed by atoms with van der Waals surface area (Å²) in [5.74, 6) is 0. The SMILES string of the molecule is CC=C/C=C/C.[LiH]. The van der Waals surface area contributed by atoms with Crippen molar-refractivity contribution in [3.05, 3.63) is 24.3 Å². The van der Waals surface area contributed by atoms with Gasteiger partial charge in [0.1, 0.15) is 0 Å². The molecule has 36 valence electrons. The van der Waals surface area contributed by atoms with E-state index >= 15 is 0 Å². The van der Waals surface area contributed by atoms with E-state index in [-0.39, 0.29) is 18.9 Å². The van der Waals surface area contributed by atoms with E-state index in [2.05, 4.69) is 0 Å². The van der Waals surface area contributed by atoms with Crippen LogP contribution in [0.25, 0.3) is 0 Å². The molecule has 7 heavy (non-hydrogen) atoms. The van der Waals surface area contributed by atoms with Crippen LogP contribution in [0.15, 0.2) is 24.3 Å². The van der Waals surface area contributed by atoms with Gasteiger partial charge >= 0.3 is 18.9 Å². The Morgan fingerprint density at radius 2 is 1.14 bits per heavy atom. The van der Waals surface area contributed by atoms with Crippen LogP contribution in [0, 0.1) is 0 Å². The molecule has 0 radical (unpaired) electrons. The molecule has 0 amide bonds. The summed E-state index contributed by atoms with van der Waals surface area (Å²) in [5, 5.41) is 0. The van der Waals surface area contributed by atoms with Gasteiger partial charge in [-0.3, -0.25) is 0 Å². The first-order valence-corrected chi connectivity index (χ1v) is 2.15. The van der Waals surface area contributed by atoms with Crippen molar-refractivity contribution < 1.29 is 0 Å². The number of hydrogen-bond donors (Lipinski definition) is 0. The van der Waals surface area contributed by atoms with E-state index < -0.39 is 0 Å². The Morgan fingerprint density at radius 3 is 1.29 bits per heavy atom. The molecule has 0 rings (SSSR count). The van der Waals surface area contributed by atoms with Crippen molar-refractivity contribution in [1.29, 1.82) is 0 Å². The zero-order valence-corrected chi connectivity index (χ0v) is 4.31. The normalized spacial score (nSPS) is 10.0. The molecule has 0 nitrogen and oxygen atoms in total. The molecular weight excluding hydrogens is 79.0 g/mol. The molecule has 0 bridgehead atoms. The summed E-state index contributed by atoms with van der Waals surface area (Å²) in [6, 6.07) is 0. The average molecular weight is 90.1 g/mol. The Bertz CT molecular complexity index is 52.6. The molecule has 0 aliphatic heterocycles. The summed E-state index contributed by atoms with van der Waals surface area (Å²) < 4.78 is 0. The van der Waals surface area contributed by atoms with Crippen LogP contribution in [0.1, 0.15) is 13.8 Å². The molecule has 0 saturated heterocycles. The third-order valence-corrected chi connectivity index (χ3v) is 0.496. The Kier molecular flexibility index (Phi) is 13.7. The van der Waals surface area contributed by atoms with Crippen LogP contribution in [0.2, 0.25) is 0 Å². The summed E-state index contributed by atoms with van der Waals surface area (Å²) in [5.41, 5.74) is 0. The van der Waals surface area contributed by atoms with Crippen molar-refractivity contribution >= 4 is 18.9 Å². The van der Waals surface area contributed by atoms with E-state index in [4.69, 9.17) is 0 Å². The van der Waals surface area contributed by atoms with Crippen molar-refractivity contribution in [1.82, 2.24) is 0 Å². The van der Waals surface area contributed by atoms with Crippen LogP contribution < -0.4 is 0 Å². The molecule has 0 aliphatic carbocycles. The fourth-order valence-corrected chi connectivity index (χ4v) is 0.222.